The highest BCUT2D eigenvalue weighted by Gasteiger charge is 2.45. The number of halogens is 2. The highest BCUT2D eigenvalue weighted by Crippen LogP contribution is 2.42. The van der Waals surface area contributed by atoms with Crippen molar-refractivity contribution < 1.29 is 8.78 Å². The first-order valence-corrected chi connectivity index (χ1v) is 11.8. The first kappa shape index (κ1) is 20.2. The second-order valence-electron chi connectivity index (χ2n) is 8.79. The van der Waals surface area contributed by atoms with Crippen molar-refractivity contribution in [3.05, 3.63) is 23.9 Å². The summed E-state index contributed by atoms with van der Waals surface area (Å²) in [5, 5.41) is 7.58. The molecule has 0 radical (unpaired) electrons. The first-order chi connectivity index (χ1) is 14.5. The lowest BCUT2D eigenvalue weighted by atomic mass is 9.78. The van der Waals surface area contributed by atoms with Crippen molar-refractivity contribution in [3.8, 4) is 0 Å². The average Bonchev–Trinajstić information content (AvgIpc) is 3.23. The molecule has 0 saturated carbocycles. The molecule has 3 fully saturated rings. The Labute approximate surface area is 179 Å². The molecule has 162 valence electrons. The van der Waals surface area contributed by atoms with Gasteiger partial charge in [0.1, 0.15) is 0 Å². The van der Waals surface area contributed by atoms with Gasteiger partial charge in [-0.05, 0) is 44.2 Å². The summed E-state index contributed by atoms with van der Waals surface area (Å²) in [5.41, 5.74) is 1.89. The van der Waals surface area contributed by atoms with Crippen LogP contribution in [0.5, 0.6) is 0 Å². The fourth-order valence-electron chi connectivity index (χ4n) is 4.95. The molecular weight excluding hydrogens is 406 g/mol. The maximum Gasteiger partial charge on any atom is 0.263 e. The smallest absolute Gasteiger partial charge is 0.263 e. The molecule has 0 amide bonds. The van der Waals surface area contributed by atoms with E-state index in [1.807, 2.05) is 0 Å². The molecule has 30 heavy (non-hydrogen) atoms. The highest BCUT2D eigenvalue weighted by molar-refractivity contribution is 7.96. The van der Waals surface area contributed by atoms with E-state index in [2.05, 4.69) is 31.1 Å². The molecule has 0 atom stereocenters. The van der Waals surface area contributed by atoms with Crippen LogP contribution in [-0.4, -0.2) is 65.8 Å². The zero-order valence-corrected chi connectivity index (χ0v) is 18.0. The minimum absolute atomic E-state index is 0.0387. The Morgan fingerprint density at radius 2 is 2.07 bits per heavy atom. The van der Waals surface area contributed by atoms with Gasteiger partial charge in [0.15, 0.2) is 0 Å². The lowest BCUT2D eigenvalue weighted by Crippen LogP contribution is -2.57. The number of hydrogen-bond acceptors (Lipinski definition) is 7. The van der Waals surface area contributed by atoms with Crippen LogP contribution in [-0.2, 0) is 0 Å². The van der Waals surface area contributed by atoms with Crippen molar-refractivity contribution in [2.24, 2.45) is 5.41 Å². The zero-order chi connectivity index (χ0) is 20.7. The molecular formula is C21H28F2N6S. The molecule has 2 aromatic rings. The molecule has 0 unspecified atom stereocenters. The molecule has 1 aromatic carbocycles. The molecule has 0 aliphatic carbocycles. The third kappa shape index (κ3) is 3.83. The fraction of sp³-hybridized carbons (Fsp3) is 0.619. The van der Waals surface area contributed by atoms with Crippen LogP contribution in [0.15, 0.2) is 18.3 Å². The van der Waals surface area contributed by atoms with Crippen LogP contribution < -0.4 is 15.5 Å². The van der Waals surface area contributed by atoms with Gasteiger partial charge in [-0.25, -0.2) is 18.7 Å². The molecule has 0 bridgehead atoms. The van der Waals surface area contributed by atoms with E-state index >= 15 is 0 Å². The predicted octanol–water partition coefficient (Wildman–Crippen LogP) is 3.52. The minimum atomic E-state index is -2.50. The summed E-state index contributed by atoms with van der Waals surface area (Å²) in [5.74, 6) is 0.592. The summed E-state index contributed by atoms with van der Waals surface area (Å²) in [6.07, 6.45) is 4.52. The quantitative estimate of drug-likeness (QED) is 0.699. The van der Waals surface area contributed by atoms with Gasteiger partial charge in [0.25, 0.3) is 6.43 Å². The number of benzene rings is 1. The summed E-state index contributed by atoms with van der Waals surface area (Å²) in [7, 11) is 0. The van der Waals surface area contributed by atoms with Crippen LogP contribution in [0, 0.1) is 5.41 Å². The fourth-order valence-corrected chi connectivity index (χ4v) is 5.53. The number of piperidine rings is 1. The van der Waals surface area contributed by atoms with Crippen LogP contribution >= 0.6 is 11.9 Å². The van der Waals surface area contributed by atoms with Gasteiger partial charge in [0, 0.05) is 61.3 Å². The molecule has 1 spiro atoms. The second kappa shape index (κ2) is 8.09. The first-order valence-electron chi connectivity index (χ1n) is 10.7. The Morgan fingerprint density at radius 3 is 2.73 bits per heavy atom. The summed E-state index contributed by atoms with van der Waals surface area (Å²) >= 11 is 1.78. The van der Waals surface area contributed by atoms with Gasteiger partial charge >= 0.3 is 0 Å². The van der Waals surface area contributed by atoms with E-state index in [0.29, 0.717) is 17.4 Å². The van der Waals surface area contributed by atoms with Crippen molar-refractivity contribution in [2.75, 3.05) is 55.7 Å². The topological polar surface area (TPSA) is 56.3 Å². The minimum Gasteiger partial charge on any atom is -0.368 e. The van der Waals surface area contributed by atoms with E-state index in [1.54, 1.807) is 24.2 Å². The molecule has 3 aliphatic heterocycles. The van der Waals surface area contributed by atoms with Crippen molar-refractivity contribution in [3.63, 3.8) is 0 Å². The molecule has 5 rings (SSSR count). The second-order valence-corrected chi connectivity index (χ2v) is 9.67. The lowest BCUT2D eigenvalue weighted by molar-refractivity contribution is 0.151. The van der Waals surface area contributed by atoms with Gasteiger partial charge in [-0.2, -0.15) is 0 Å². The predicted molar refractivity (Wildman–Crippen MR) is 118 cm³/mol. The van der Waals surface area contributed by atoms with E-state index in [-0.39, 0.29) is 11.0 Å². The van der Waals surface area contributed by atoms with E-state index in [9.17, 15) is 8.78 Å². The van der Waals surface area contributed by atoms with Gasteiger partial charge in [-0.1, -0.05) is 11.9 Å². The number of nitrogens with one attached hydrogen (secondary N) is 2. The van der Waals surface area contributed by atoms with Crippen molar-refractivity contribution >= 4 is 34.5 Å². The largest absolute Gasteiger partial charge is 0.368 e. The van der Waals surface area contributed by atoms with Gasteiger partial charge in [0.2, 0.25) is 5.95 Å². The SMILES string of the molecule is CSN1CCC(Nc2ncc3cc(C(F)F)cc(N4CC5(CCNC5)C4)c3n2)CC1. The Hall–Kier alpha value is -1.71. The van der Waals surface area contributed by atoms with Crippen LogP contribution in [0.3, 0.4) is 0 Å². The van der Waals surface area contributed by atoms with Crippen molar-refractivity contribution in [1.82, 2.24) is 19.6 Å². The summed E-state index contributed by atoms with van der Waals surface area (Å²) in [6, 6.07) is 3.49. The number of rotatable bonds is 5. The number of anilines is 2. The van der Waals surface area contributed by atoms with Crippen LogP contribution in [0.4, 0.5) is 20.4 Å². The summed E-state index contributed by atoms with van der Waals surface area (Å²) in [4.78, 5) is 11.4. The standard InChI is InChI=1S/C21H28F2N6S/c1-30-29-6-2-16(3-7-29)26-20-25-10-15-8-14(19(22)23)9-17(18(15)27-20)28-12-21(13-28)4-5-24-11-21/h8-10,16,19,24H,2-7,11-13H2,1H3,(H,25,26,27). The zero-order valence-electron chi connectivity index (χ0n) is 17.2. The van der Waals surface area contributed by atoms with Crippen molar-refractivity contribution in [2.45, 2.75) is 31.7 Å². The van der Waals surface area contributed by atoms with E-state index in [1.165, 1.54) is 6.07 Å². The lowest BCUT2D eigenvalue weighted by Gasteiger charge is -2.49. The number of fused-ring (bicyclic) bond motifs is 1. The maximum atomic E-state index is 13.5. The number of alkyl halides is 2. The van der Waals surface area contributed by atoms with Crippen LogP contribution in [0.2, 0.25) is 0 Å². The Morgan fingerprint density at radius 1 is 1.27 bits per heavy atom. The molecule has 4 heterocycles. The number of hydrogen-bond donors (Lipinski definition) is 2. The van der Waals surface area contributed by atoms with E-state index in [4.69, 9.17) is 4.98 Å². The molecule has 1 aromatic heterocycles. The van der Waals surface area contributed by atoms with Gasteiger partial charge in [-0.3, -0.25) is 4.31 Å². The Kier molecular flexibility index (Phi) is 5.45. The monoisotopic (exact) mass is 434 g/mol. The Bertz CT molecular complexity index is 904. The van der Waals surface area contributed by atoms with Crippen LogP contribution in [0.25, 0.3) is 10.9 Å². The van der Waals surface area contributed by atoms with Gasteiger partial charge in [-0.15, -0.1) is 0 Å². The maximum absolute atomic E-state index is 13.5. The van der Waals surface area contributed by atoms with E-state index < -0.39 is 6.43 Å². The third-order valence-electron chi connectivity index (χ3n) is 6.71. The Balaban J connectivity index is 1.41. The molecule has 9 heteroatoms. The number of nitrogens with zero attached hydrogens (tertiary/aromatic N) is 4. The molecule has 3 saturated heterocycles. The van der Waals surface area contributed by atoms with Gasteiger partial charge < -0.3 is 15.5 Å². The van der Waals surface area contributed by atoms with E-state index in [0.717, 1.165) is 69.7 Å². The summed E-state index contributed by atoms with van der Waals surface area (Å²) in [6.45, 7) is 5.91. The highest BCUT2D eigenvalue weighted by atomic mass is 32.2. The van der Waals surface area contributed by atoms with Crippen LogP contribution in [0.1, 0.15) is 31.3 Å². The van der Waals surface area contributed by atoms with Crippen molar-refractivity contribution in [1.29, 1.82) is 0 Å². The molecule has 6 nitrogen and oxygen atoms in total. The molecule has 3 aliphatic rings. The normalized spacial score (nSPS) is 22.2. The van der Waals surface area contributed by atoms with Gasteiger partial charge in [0.05, 0.1) is 11.2 Å². The molecule has 2 N–H and O–H groups in total. The third-order valence-corrected chi connectivity index (χ3v) is 7.59. The average molecular weight is 435 g/mol. The summed E-state index contributed by atoms with van der Waals surface area (Å²) < 4.78 is 29.4. The number of aromatic nitrogens is 2.